The van der Waals surface area contributed by atoms with Gasteiger partial charge in [0.25, 0.3) is 0 Å². The Morgan fingerprint density at radius 1 is 1.43 bits per heavy atom. The average Bonchev–Trinajstić information content (AvgIpc) is 2.19. The number of rotatable bonds is 9. The third kappa shape index (κ3) is 6.17. The first-order chi connectivity index (χ1) is 6.76. The van der Waals surface area contributed by atoms with Crippen LogP contribution in [0, 0.1) is 0 Å². The average molecular weight is 198 g/mol. The monoisotopic (exact) mass is 198 g/mol. The van der Waals surface area contributed by atoms with Crippen LogP contribution < -0.4 is 5.32 Å². The van der Waals surface area contributed by atoms with Crippen molar-refractivity contribution in [1.82, 2.24) is 10.2 Å². The highest BCUT2D eigenvalue weighted by Crippen LogP contribution is 2.02. The van der Waals surface area contributed by atoms with Gasteiger partial charge in [-0.2, -0.15) is 0 Å². The number of likely N-dealkylation sites (N-methyl/N-ethyl adjacent to an activating group) is 2. The van der Waals surface area contributed by atoms with Crippen molar-refractivity contribution < 1.29 is 0 Å². The van der Waals surface area contributed by atoms with Crippen LogP contribution in [0.1, 0.15) is 33.1 Å². The lowest BCUT2D eigenvalue weighted by Gasteiger charge is -2.27. The number of hydrogen-bond acceptors (Lipinski definition) is 2. The Labute approximate surface area is 89.4 Å². The molecule has 0 aliphatic carbocycles. The molecule has 1 N–H and O–H groups in total. The summed E-state index contributed by atoms with van der Waals surface area (Å²) in [6, 6.07) is 0.680. The molecule has 0 aromatic carbocycles. The van der Waals surface area contributed by atoms with Crippen molar-refractivity contribution >= 4 is 0 Å². The molecule has 14 heavy (non-hydrogen) atoms. The van der Waals surface area contributed by atoms with E-state index in [2.05, 4.69) is 37.7 Å². The molecule has 0 radical (unpaired) electrons. The van der Waals surface area contributed by atoms with Crippen LogP contribution in [0.3, 0.4) is 0 Å². The molecule has 2 nitrogen and oxygen atoms in total. The molecule has 0 aliphatic heterocycles. The lowest BCUT2D eigenvalue weighted by molar-refractivity contribution is 0.228. The summed E-state index contributed by atoms with van der Waals surface area (Å²) < 4.78 is 0. The van der Waals surface area contributed by atoms with Gasteiger partial charge in [0.15, 0.2) is 0 Å². The van der Waals surface area contributed by atoms with E-state index in [1.54, 1.807) is 0 Å². The van der Waals surface area contributed by atoms with E-state index in [4.69, 9.17) is 0 Å². The van der Waals surface area contributed by atoms with Crippen LogP contribution in [0.2, 0.25) is 0 Å². The molecule has 84 valence electrons. The minimum absolute atomic E-state index is 0.680. The molecular weight excluding hydrogens is 172 g/mol. The van der Waals surface area contributed by atoms with Gasteiger partial charge in [0.1, 0.15) is 0 Å². The molecule has 2 heteroatoms. The van der Waals surface area contributed by atoms with Crippen LogP contribution in [0.5, 0.6) is 0 Å². The SMILES string of the molecule is C=CCCCN(C)C(CC)CNCC. The van der Waals surface area contributed by atoms with Crippen LogP contribution in [0.25, 0.3) is 0 Å². The molecule has 0 saturated carbocycles. The molecule has 1 atom stereocenters. The van der Waals surface area contributed by atoms with Crippen molar-refractivity contribution in [3.8, 4) is 0 Å². The van der Waals surface area contributed by atoms with Crippen LogP contribution in [-0.4, -0.2) is 37.6 Å². The second-order valence-corrected chi connectivity index (χ2v) is 3.78. The van der Waals surface area contributed by atoms with Gasteiger partial charge in [-0.1, -0.05) is 19.9 Å². The van der Waals surface area contributed by atoms with Gasteiger partial charge < -0.3 is 10.2 Å². The van der Waals surface area contributed by atoms with Gasteiger partial charge >= 0.3 is 0 Å². The molecule has 0 amide bonds. The van der Waals surface area contributed by atoms with E-state index < -0.39 is 0 Å². The minimum atomic E-state index is 0.680. The number of unbranched alkanes of at least 4 members (excludes halogenated alkanes) is 1. The van der Waals surface area contributed by atoms with E-state index in [0.29, 0.717) is 6.04 Å². The molecule has 0 heterocycles. The summed E-state index contributed by atoms with van der Waals surface area (Å²) in [6.45, 7) is 11.5. The Bertz CT molecular complexity index is 134. The van der Waals surface area contributed by atoms with E-state index in [-0.39, 0.29) is 0 Å². The quantitative estimate of drug-likeness (QED) is 0.452. The highest BCUT2D eigenvalue weighted by molar-refractivity contribution is 4.72. The zero-order valence-corrected chi connectivity index (χ0v) is 10.1. The van der Waals surface area contributed by atoms with Gasteiger partial charge in [0.2, 0.25) is 0 Å². The van der Waals surface area contributed by atoms with Crippen LogP contribution >= 0.6 is 0 Å². The molecule has 0 bridgehead atoms. The highest BCUT2D eigenvalue weighted by atomic mass is 15.1. The standard InChI is InChI=1S/C12H26N2/c1-5-8-9-10-14(4)12(6-2)11-13-7-3/h5,12-13H,1,6-11H2,2-4H3. The molecule has 0 aromatic heterocycles. The van der Waals surface area contributed by atoms with Crippen molar-refractivity contribution in [2.24, 2.45) is 0 Å². The first kappa shape index (κ1) is 13.7. The molecule has 0 saturated heterocycles. The maximum absolute atomic E-state index is 3.74. The Kier molecular flexibility index (Phi) is 9.00. The molecule has 0 rings (SSSR count). The fourth-order valence-electron chi connectivity index (χ4n) is 1.59. The Morgan fingerprint density at radius 3 is 2.64 bits per heavy atom. The lowest BCUT2D eigenvalue weighted by Crippen LogP contribution is -2.40. The smallest absolute Gasteiger partial charge is 0.0214 e. The normalized spacial score (nSPS) is 13.1. The van der Waals surface area contributed by atoms with E-state index in [1.807, 2.05) is 6.08 Å². The highest BCUT2D eigenvalue weighted by Gasteiger charge is 2.10. The van der Waals surface area contributed by atoms with Gasteiger partial charge in [-0.05, 0) is 39.4 Å². The van der Waals surface area contributed by atoms with Crippen LogP contribution in [0.4, 0.5) is 0 Å². The zero-order valence-electron chi connectivity index (χ0n) is 10.1. The number of hydrogen-bond donors (Lipinski definition) is 1. The Balaban J connectivity index is 3.66. The molecule has 0 spiro atoms. The first-order valence-electron chi connectivity index (χ1n) is 5.78. The minimum Gasteiger partial charge on any atom is -0.315 e. The van der Waals surface area contributed by atoms with Gasteiger partial charge in [-0.3, -0.25) is 0 Å². The molecule has 0 fully saturated rings. The van der Waals surface area contributed by atoms with Crippen molar-refractivity contribution in [2.45, 2.75) is 39.2 Å². The summed E-state index contributed by atoms with van der Waals surface area (Å²) in [5, 5.41) is 3.41. The van der Waals surface area contributed by atoms with E-state index in [9.17, 15) is 0 Å². The number of nitrogens with zero attached hydrogens (tertiary/aromatic N) is 1. The van der Waals surface area contributed by atoms with Crippen LogP contribution in [0.15, 0.2) is 12.7 Å². The number of allylic oxidation sites excluding steroid dienone is 1. The Morgan fingerprint density at radius 2 is 2.14 bits per heavy atom. The predicted molar refractivity (Wildman–Crippen MR) is 64.7 cm³/mol. The maximum atomic E-state index is 3.74. The van der Waals surface area contributed by atoms with Gasteiger partial charge in [0.05, 0.1) is 0 Å². The third-order valence-corrected chi connectivity index (χ3v) is 2.64. The molecule has 0 aliphatic rings. The van der Waals surface area contributed by atoms with Crippen molar-refractivity contribution in [3.05, 3.63) is 12.7 Å². The molecular formula is C12H26N2. The third-order valence-electron chi connectivity index (χ3n) is 2.64. The fourth-order valence-corrected chi connectivity index (χ4v) is 1.59. The summed E-state index contributed by atoms with van der Waals surface area (Å²) in [7, 11) is 2.22. The number of nitrogens with one attached hydrogen (secondary N) is 1. The fraction of sp³-hybridized carbons (Fsp3) is 0.833. The summed E-state index contributed by atoms with van der Waals surface area (Å²) >= 11 is 0. The molecule has 1 unspecified atom stereocenters. The van der Waals surface area contributed by atoms with Crippen LogP contribution in [-0.2, 0) is 0 Å². The second kappa shape index (κ2) is 9.22. The first-order valence-corrected chi connectivity index (χ1v) is 5.78. The van der Waals surface area contributed by atoms with E-state index in [1.165, 1.54) is 19.4 Å². The summed E-state index contributed by atoms with van der Waals surface area (Å²) in [6.07, 6.45) is 5.57. The van der Waals surface area contributed by atoms with Crippen molar-refractivity contribution in [2.75, 3.05) is 26.7 Å². The lowest BCUT2D eigenvalue weighted by atomic mass is 10.2. The van der Waals surface area contributed by atoms with E-state index >= 15 is 0 Å². The maximum Gasteiger partial charge on any atom is 0.0214 e. The second-order valence-electron chi connectivity index (χ2n) is 3.78. The largest absolute Gasteiger partial charge is 0.315 e. The summed E-state index contributed by atoms with van der Waals surface area (Å²) in [5.74, 6) is 0. The topological polar surface area (TPSA) is 15.3 Å². The van der Waals surface area contributed by atoms with Crippen molar-refractivity contribution in [3.63, 3.8) is 0 Å². The van der Waals surface area contributed by atoms with Gasteiger partial charge in [-0.15, -0.1) is 6.58 Å². The molecule has 0 aromatic rings. The van der Waals surface area contributed by atoms with Gasteiger partial charge in [0, 0.05) is 12.6 Å². The Hall–Kier alpha value is -0.340. The van der Waals surface area contributed by atoms with Gasteiger partial charge in [-0.25, -0.2) is 0 Å². The van der Waals surface area contributed by atoms with E-state index in [0.717, 1.165) is 19.5 Å². The predicted octanol–water partition coefficient (Wildman–Crippen LogP) is 2.27. The zero-order chi connectivity index (χ0) is 10.8. The summed E-state index contributed by atoms with van der Waals surface area (Å²) in [4.78, 5) is 2.45. The van der Waals surface area contributed by atoms with Crippen molar-refractivity contribution in [1.29, 1.82) is 0 Å². The summed E-state index contributed by atoms with van der Waals surface area (Å²) in [5.41, 5.74) is 0.